The van der Waals surface area contributed by atoms with Crippen LogP contribution < -0.4 is 0 Å². The van der Waals surface area contributed by atoms with Crippen LogP contribution in [0.2, 0.25) is 0 Å². The molecule has 4 nitrogen and oxygen atoms in total. The zero-order chi connectivity index (χ0) is 17.9. The molecule has 0 bridgehead atoms. The van der Waals surface area contributed by atoms with Crippen LogP contribution in [0, 0.1) is 0 Å². The number of aliphatic hydroxyl groups is 4. The predicted octanol–water partition coefficient (Wildman–Crippen LogP) is 4.63. The molecule has 0 aliphatic heterocycles. The van der Waals surface area contributed by atoms with Gasteiger partial charge in [0.2, 0.25) is 0 Å². The average Bonchev–Trinajstić information content (AvgIpc) is 2.53. The van der Waals surface area contributed by atoms with E-state index in [-0.39, 0.29) is 0 Å². The minimum Gasteiger partial charge on any atom is -0.368 e. The van der Waals surface area contributed by atoms with Crippen LogP contribution in [0.3, 0.4) is 0 Å². The van der Waals surface area contributed by atoms with Gasteiger partial charge in [0.05, 0.1) is 0 Å². The summed E-state index contributed by atoms with van der Waals surface area (Å²) in [4.78, 5) is 0. The van der Waals surface area contributed by atoms with E-state index in [1.807, 2.05) is 0 Å². The van der Waals surface area contributed by atoms with Gasteiger partial charge in [-0.3, -0.25) is 0 Å². The van der Waals surface area contributed by atoms with E-state index in [1.165, 1.54) is 77.0 Å². The molecule has 0 aliphatic carbocycles. The number of hydrogen-bond acceptors (Lipinski definition) is 4. The van der Waals surface area contributed by atoms with Crippen molar-refractivity contribution in [3.8, 4) is 0 Å². The topological polar surface area (TPSA) is 80.9 Å². The maximum absolute atomic E-state index is 8.73. The van der Waals surface area contributed by atoms with Gasteiger partial charge in [0.25, 0.3) is 0 Å². The van der Waals surface area contributed by atoms with E-state index in [1.54, 1.807) is 0 Å². The Morgan fingerprint density at radius 3 is 0.625 bits per heavy atom. The third kappa shape index (κ3) is 21.8. The van der Waals surface area contributed by atoms with Crippen LogP contribution in [0.15, 0.2) is 0 Å². The summed E-state index contributed by atoms with van der Waals surface area (Å²) in [5.41, 5.74) is 0. The van der Waals surface area contributed by atoms with Crippen LogP contribution in [-0.2, 0) is 0 Å². The molecule has 0 saturated carbocycles. The monoisotopic (exact) mass is 346 g/mol. The lowest BCUT2D eigenvalue weighted by molar-refractivity contribution is -0.0472. The molecule has 0 aromatic heterocycles. The molecule has 0 aromatic carbocycles. The number of rotatable bonds is 19. The fourth-order valence-electron chi connectivity index (χ4n) is 3.13. The van der Waals surface area contributed by atoms with Gasteiger partial charge in [-0.2, -0.15) is 0 Å². The highest BCUT2D eigenvalue weighted by atomic mass is 16.5. The molecule has 0 spiro atoms. The van der Waals surface area contributed by atoms with Crippen molar-refractivity contribution in [2.45, 2.75) is 128 Å². The molecule has 0 fully saturated rings. The number of unbranched alkanes of at least 4 members (excludes halogenated alkanes) is 15. The molecule has 0 heterocycles. The molecular formula is C20H42O4. The summed E-state index contributed by atoms with van der Waals surface area (Å²) in [5.74, 6) is 0. The van der Waals surface area contributed by atoms with Crippen LogP contribution in [-0.4, -0.2) is 33.0 Å². The van der Waals surface area contributed by atoms with Gasteiger partial charge in [-0.05, 0) is 25.7 Å². The van der Waals surface area contributed by atoms with Crippen molar-refractivity contribution in [1.82, 2.24) is 0 Å². The molecule has 0 unspecified atom stereocenters. The Labute approximate surface area is 149 Å². The van der Waals surface area contributed by atoms with Gasteiger partial charge in [0.1, 0.15) is 0 Å². The average molecular weight is 347 g/mol. The molecule has 4 heteroatoms. The Morgan fingerprint density at radius 1 is 0.292 bits per heavy atom. The molecule has 146 valence electrons. The minimum absolute atomic E-state index is 0.520. The van der Waals surface area contributed by atoms with E-state index in [0.717, 1.165) is 25.7 Å². The molecular weight excluding hydrogens is 304 g/mol. The van der Waals surface area contributed by atoms with Crippen molar-refractivity contribution in [3.05, 3.63) is 0 Å². The Bertz CT molecular complexity index is 208. The van der Waals surface area contributed by atoms with Gasteiger partial charge in [-0.15, -0.1) is 0 Å². The molecule has 0 saturated heterocycles. The second-order valence-corrected chi connectivity index (χ2v) is 7.20. The van der Waals surface area contributed by atoms with Crippen LogP contribution in [0.4, 0.5) is 0 Å². The molecule has 0 amide bonds. The fraction of sp³-hybridized carbons (Fsp3) is 1.00. The smallest absolute Gasteiger partial charge is 0.151 e. The van der Waals surface area contributed by atoms with Crippen molar-refractivity contribution in [1.29, 1.82) is 0 Å². The van der Waals surface area contributed by atoms with Gasteiger partial charge in [-0.1, -0.05) is 89.9 Å². The highest BCUT2D eigenvalue weighted by Gasteiger charge is 1.98. The first kappa shape index (κ1) is 23.8. The zero-order valence-electron chi connectivity index (χ0n) is 15.7. The van der Waals surface area contributed by atoms with E-state index >= 15 is 0 Å². The molecule has 0 atom stereocenters. The quantitative estimate of drug-likeness (QED) is 0.203. The van der Waals surface area contributed by atoms with Gasteiger partial charge in [0, 0.05) is 0 Å². The summed E-state index contributed by atoms with van der Waals surface area (Å²) >= 11 is 0. The first-order valence-corrected chi connectivity index (χ1v) is 10.3. The number of aliphatic hydroxyl groups excluding tert-OH is 2. The van der Waals surface area contributed by atoms with E-state index < -0.39 is 12.6 Å². The molecule has 24 heavy (non-hydrogen) atoms. The molecule has 0 radical (unpaired) electrons. The molecule has 4 N–H and O–H groups in total. The third-order valence-corrected chi connectivity index (χ3v) is 4.67. The summed E-state index contributed by atoms with van der Waals surface area (Å²) in [6.07, 6.45) is 18.7. The fourth-order valence-corrected chi connectivity index (χ4v) is 3.13. The van der Waals surface area contributed by atoms with Crippen molar-refractivity contribution < 1.29 is 20.4 Å². The summed E-state index contributed by atoms with van der Waals surface area (Å²) in [5, 5.41) is 34.9. The van der Waals surface area contributed by atoms with E-state index in [0.29, 0.717) is 12.8 Å². The number of hydrogen-bond donors (Lipinski definition) is 4. The Balaban J connectivity index is 2.98. The van der Waals surface area contributed by atoms with Crippen molar-refractivity contribution >= 4 is 0 Å². The zero-order valence-corrected chi connectivity index (χ0v) is 15.7. The maximum atomic E-state index is 8.73. The highest BCUT2D eigenvalue weighted by Crippen LogP contribution is 2.14. The SMILES string of the molecule is OC(O)CCCCCCCCCCCCCCCCCCC(O)O. The first-order valence-electron chi connectivity index (χ1n) is 10.3. The van der Waals surface area contributed by atoms with Gasteiger partial charge >= 0.3 is 0 Å². The van der Waals surface area contributed by atoms with Crippen LogP contribution in [0.25, 0.3) is 0 Å². The van der Waals surface area contributed by atoms with E-state index in [2.05, 4.69) is 0 Å². The van der Waals surface area contributed by atoms with E-state index in [4.69, 9.17) is 20.4 Å². The lowest BCUT2D eigenvalue weighted by Crippen LogP contribution is -2.02. The van der Waals surface area contributed by atoms with Crippen LogP contribution in [0.1, 0.15) is 116 Å². The van der Waals surface area contributed by atoms with Gasteiger partial charge in [-0.25, -0.2) is 0 Å². The Kier molecular flexibility index (Phi) is 19.0. The summed E-state index contributed by atoms with van der Waals surface area (Å²) < 4.78 is 0. The van der Waals surface area contributed by atoms with Crippen LogP contribution >= 0.6 is 0 Å². The van der Waals surface area contributed by atoms with Crippen LogP contribution in [0.5, 0.6) is 0 Å². The van der Waals surface area contributed by atoms with Gasteiger partial charge in [0.15, 0.2) is 12.6 Å². The predicted molar refractivity (Wildman–Crippen MR) is 99.6 cm³/mol. The first-order chi connectivity index (χ1) is 11.6. The normalized spacial score (nSPS) is 11.8. The van der Waals surface area contributed by atoms with Crippen molar-refractivity contribution in [2.75, 3.05) is 0 Å². The largest absolute Gasteiger partial charge is 0.368 e. The summed E-state index contributed by atoms with van der Waals surface area (Å²) in [6.45, 7) is 0. The lowest BCUT2D eigenvalue weighted by atomic mass is 10.0. The molecule has 0 rings (SSSR count). The minimum atomic E-state index is -1.12. The summed E-state index contributed by atoms with van der Waals surface area (Å²) in [6, 6.07) is 0. The third-order valence-electron chi connectivity index (χ3n) is 4.67. The summed E-state index contributed by atoms with van der Waals surface area (Å²) in [7, 11) is 0. The second kappa shape index (κ2) is 19.2. The Hall–Kier alpha value is -0.160. The molecule has 0 aromatic rings. The molecule has 0 aliphatic rings. The Morgan fingerprint density at radius 2 is 0.458 bits per heavy atom. The van der Waals surface area contributed by atoms with Gasteiger partial charge < -0.3 is 20.4 Å². The van der Waals surface area contributed by atoms with E-state index in [9.17, 15) is 0 Å². The van der Waals surface area contributed by atoms with Crippen molar-refractivity contribution in [3.63, 3.8) is 0 Å². The maximum Gasteiger partial charge on any atom is 0.151 e. The lowest BCUT2D eigenvalue weighted by Gasteiger charge is -2.05. The second-order valence-electron chi connectivity index (χ2n) is 7.20. The standard InChI is InChI=1S/C20H42O4/c21-19(22)17-15-13-11-9-7-5-3-1-2-4-6-8-10-12-14-16-18-20(23)24/h19-24H,1-18H2. The highest BCUT2D eigenvalue weighted by molar-refractivity contribution is 4.51. The van der Waals surface area contributed by atoms with Crippen molar-refractivity contribution in [2.24, 2.45) is 0 Å².